The molecule has 6 heteroatoms. The molecular formula is C19H21N3O3. The molecule has 0 amide bonds. The van der Waals surface area contributed by atoms with Crippen molar-refractivity contribution in [3.63, 3.8) is 0 Å². The molecule has 1 aromatic heterocycles. The van der Waals surface area contributed by atoms with Gasteiger partial charge < -0.3 is 14.8 Å². The van der Waals surface area contributed by atoms with Gasteiger partial charge in [0.2, 0.25) is 0 Å². The van der Waals surface area contributed by atoms with Crippen LogP contribution in [0.1, 0.15) is 26.0 Å². The number of hydrogen-bond acceptors (Lipinski definition) is 6. The molecule has 0 spiro atoms. The van der Waals surface area contributed by atoms with E-state index in [4.69, 9.17) is 9.47 Å². The smallest absolute Gasteiger partial charge is 0.163 e. The van der Waals surface area contributed by atoms with Gasteiger partial charge in [-0.05, 0) is 26.0 Å². The van der Waals surface area contributed by atoms with E-state index in [1.165, 1.54) is 0 Å². The van der Waals surface area contributed by atoms with Crippen LogP contribution in [0, 0.1) is 0 Å². The van der Waals surface area contributed by atoms with E-state index in [-0.39, 0.29) is 12.2 Å². The van der Waals surface area contributed by atoms with Crippen LogP contribution in [-0.2, 0) is 9.53 Å². The molecule has 0 radical (unpaired) electrons. The largest absolute Gasteiger partial charge is 0.494 e. The number of aliphatic imine (C=N–C) groups is 1. The maximum Gasteiger partial charge on any atom is 0.163 e. The van der Waals surface area contributed by atoms with E-state index in [9.17, 15) is 4.79 Å². The Kier molecular flexibility index (Phi) is 5.28. The molecule has 0 bridgehead atoms. The van der Waals surface area contributed by atoms with Crippen LogP contribution in [0.4, 0.5) is 0 Å². The maximum absolute atomic E-state index is 12.2. The van der Waals surface area contributed by atoms with Gasteiger partial charge in [0.1, 0.15) is 11.5 Å². The van der Waals surface area contributed by atoms with E-state index >= 15 is 0 Å². The number of ketones is 1. The first kappa shape index (κ1) is 17.0. The van der Waals surface area contributed by atoms with Gasteiger partial charge in [-0.15, -0.1) is 0 Å². The molecule has 3 rings (SSSR count). The second-order valence-corrected chi connectivity index (χ2v) is 5.52. The fraction of sp³-hybridized carbons (Fsp3) is 0.316. The highest BCUT2D eigenvalue weighted by molar-refractivity contribution is 6.15. The lowest BCUT2D eigenvalue weighted by Gasteiger charge is -2.19. The van der Waals surface area contributed by atoms with E-state index < -0.39 is 0 Å². The lowest BCUT2D eigenvalue weighted by molar-refractivity contribution is -0.113. The van der Waals surface area contributed by atoms with Gasteiger partial charge in [-0.2, -0.15) is 0 Å². The minimum atomic E-state index is -0.00109. The first-order valence-electron chi connectivity index (χ1n) is 8.39. The monoisotopic (exact) mass is 339 g/mol. The maximum atomic E-state index is 12.2. The second-order valence-electron chi connectivity index (χ2n) is 5.52. The Bertz CT molecular complexity index is 791. The van der Waals surface area contributed by atoms with E-state index in [2.05, 4.69) is 15.3 Å². The minimum Gasteiger partial charge on any atom is -0.494 e. The number of nitrogens with one attached hydrogen (secondary N) is 1. The molecule has 0 aromatic carbocycles. The lowest BCUT2D eigenvalue weighted by Crippen LogP contribution is -2.22. The highest BCUT2D eigenvalue weighted by Gasteiger charge is 2.20. The van der Waals surface area contributed by atoms with Crippen LogP contribution in [0.3, 0.4) is 0 Å². The molecule has 2 aliphatic heterocycles. The molecule has 0 aliphatic carbocycles. The molecule has 2 aliphatic rings. The quantitative estimate of drug-likeness (QED) is 0.862. The highest BCUT2D eigenvalue weighted by atomic mass is 16.5. The molecular weight excluding hydrogens is 318 g/mol. The van der Waals surface area contributed by atoms with Crippen molar-refractivity contribution < 1.29 is 14.3 Å². The Labute approximate surface area is 147 Å². The predicted molar refractivity (Wildman–Crippen MR) is 95.4 cm³/mol. The first-order valence-corrected chi connectivity index (χ1v) is 8.39. The van der Waals surface area contributed by atoms with Crippen molar-refractivity contribution in [1.82, 2.24) is 10.3 Å². The normalized spacial score (nSPS) is 17.0. The molecule has 0 saturated carbocycles. The summed E-state index contributed by atoms with van der Waals surface area (Å²) in [5.74, 6) is 1.50. The third-order valence-corrected chi connectivity index (χ3v) is 3.70. The van der Waals surface area contributed by atoms with Crippen molar-refractivity contribution in [2.75, 3.05) is 19.8 Å². The van der Waals surface area contributed by atoms with Crippen molar-refractivity contribution in [3.05, 3.63) is 59.4 Å². The average molecular weight is 339 g/mol. The molecule has 130 valence electrons. The molecule has 3 heterocycles. The molecule has 0 saturated heterocycles. The number of carbonyl (C=O) groups is 1. The van der Waals surface area contributed by atoms with Crippen molar-refractivity contribution in [1.29, 1.82) is 0 Å². The van der Waals surface area contributed by atoms with Gasteiger partial charge in [0, 0.05) is 31.0 Å². The molecule has 0 fully saturated rings. The van der Waals surface area contributed by atoms with Crippen molar-refractivity contribution in [3.8, 4) is 5.75 Å². The van der Waals surface area contributed by atoms with Crippen LogP contribution in [0.25, 0.3) is 0 Å². The fourth-order valence-electron chi connectivity index (χ4n) is 2.64. The SMILES string of the molecule is CCOC1=CCNC(C2=CC(=O)CC(c3cc(OCC)ccn3)=N2)=C1. The standard InChI is InChI=1S/C19H21N3O3/c1-3-24-14-5-7-20-16(11-14)18-9-13(23)10-19(22-18)17-12-15(25-4-2)6-8-21-17/h5-7,10-12,21H,3-4,8-9H2,1-2H3. The Morgan fingerprint density at radius 1 is 1.20 bits per heavy atom. The second kappa shape index (κ2) is 7.79. The summed E-state index contributed by atoms with van der Waals surface area (Å²) < 4.78 is 11.0. The zero-order valence-corrected chi connectivity index (χ0v) is 14.4. The summed E-state index contributed by atoms with van der Waals surface area (Å²) in [6.45, 7) is 5.66. The topological polar surface area (TPSA) is 72.8 Å². The summed E-state index contributed by atoms with van der Waals surface area (Å²) in [5.41, 5.74) is 2.67. The third kappa shape index (κ3) is 4.15. The number of pyridine rings is 1. The van der Waals surface area contributed by atoms with Crippen LogP contribution >= 0.6 is 0 Å². The molecule has 1 aromatic rings. The fourth-order valence-corrected chi connectivity index (χ4v) is 2.64. The lowest BCUT2D eigenvalue weighted by atomic mass is 10.0. The van der Waals surface area contributed by atoms with Crippen LogP contribution in [0.5, 0.6) is 5.75 Å². The summed E-state index contributed by atoms with van der Waals surface area (Å²) in [5, 5.41) is 3.23. The number of rotatable bonds is 6. The number of hydrogen-bond donors (Lipinski definition) is 1. The molecule has 0 unspecified atom stereocenters. The molecule has 0 atom stereocenters. The van der Waals surface area contributed by atoms with Gasteiger partial charge >= 0.3 is 0 Å². The number of allylic oxidation sites excluding steroid dienone is 2. The number of nitrogens with zero attached hydrogens (tertiary/aromatic N) is 2. The van der Waals surface area contributed by atoms with E-state index in [1.807, 2.05) is 32.1 Å². The van der Waals surface area contributed by atoms with Crippen LogP contribution in [-0.4, -0.2) is 36.2 Å². The minimum absolute atomic E-state index is 0.00109. The van der Waals surface area contributed by atoms with E-state index in [1.54, 1.807) is 18.3 Å². The summed E-state index contributed by atoms with van der Waals surface area (Å²) in [7, 11) is 0. The molecule has 6 nitrogen and oxygen atoms in total. The van der Waals surface area contributed by atoms with Crippen LogP contribution in [0.2, 0.25) is 0 Å². The van der Waals surface area contributed by atoms with Gasteiger partial charge in [-0.25, -0.2) is 4.99 Å². The summed E-state index contributed by atoms with van der Waals surface area (Å²) in [6, 6.07) is 3.60. The molecule has 25 heavy (non-hydrogen) atoms. The predicted octanol–water partition coefficient (Wildman–Crippen LogP) is 2.53. The van der Waals surface area contributed by atoms with Crippen LogP contribution < -0.4 is 10.1 Å². The van der Waals surface area contributed by atoms with Gasteiger partial charge in [0.05, 0.1) is 42.4 Å². The van der Waals surface area contributed by atoms with Crippen molar-refractivity contribution >= 4 is 11.5 Å². The summed E-state index contributed by atoms with van der Waals surface area (Å²) in [6.07, 6.45) is 7.27. The zero-order chi connectivity index (χ0) is 17.6. The van der Waals surface area contributed by atoms with Crippen LogP contribution in [0.15, 0.2) is 58.7 Å². The van der Waals surface area contributed by atoms with E-state index in [0.29, 0.717) is 36.9 Å². The van der Waals surface area contributed by atoms with Crippen molar-refractivity contribution in [2.24, 2.45) is 4.99 Å². The average Bonchev–Trinajstić information content (AvgIpc) is 2.62. The number of dihydropyridines is 1. The summed E-state index contributed by atoms with van der Waals surface area (Å²) in [4.78, 5) is 21.2. The number of carbonyl (C=O) groups excluding carboxylic acids is 1. The number of ether oxygens (including phenoxy) is 2. The van der Waals surface area contributed by atoms with Gasteiger partial charge in [0.15, 0.2) is 5.78 Å². The van der Waals surface area contributed by atoms with Gasteiger partial charge in [-0.1, -0.05) is 0 Å². The van der Waals surface area contributed by atoms with Gasteiger partial charge in [0.25, 0.3) is 0 Å². The van der Waals surface area contributed by atoms with E-state index in [0.717, 1.165) is 17.2 Å². The Morgan fingerprint density at radius 2 is 2.04 bits per heavy atom. The molecule has 1 N–H and O–H groups in total. The zero-order valence-electron chi connectivity index (χ0n) is 14.4. The Balaban J connectivity index is 1.90. The van der Waals surface area contributed by atoms with Crippen molar-refractivity contribution in [2.45, 2.75) is 20.3 Å². The first-order chi connectivity index (χ1) is 12.2. The Hall–Kier alpha value is -2.89. The number of aromatic nitrogens is 1. The van der Waals surface area contributed by atoms with Gasteiger partial charge in [-0.3, -0.25) is 9.78 Å². The Morgan fingerprint density at radius 3 is 2.84 bits per heavy atom. The third-order valence-electron chi connectivity index (χ3n) is 3.70. The highest BCUT2D eigenvalue weighted by Crippen LogP contribution is 2.22. The summed E-state index contributed by atoms with van der Waals surface area (Å²) >= 11 is 0.